The van der Waals surface area contributed by atoms with Gasteiger partial charge in [0.2, 0.25) is 0 Å². The number of anilines is 1. The molecule has 0 amide bonds. The molecule has 2 N–H and O–H groups in total. The number of nitrogens with zero attached hydrogens (tertiary/aromatic N) is 2. The van der Waals surface area contributed by atoms with Crippen LogP contribution in [0.4, 0.5) is 5.82 Å². The Bertz CT molecular complexity index is 350. The van der Waals surface area contributed by atoms with E-state index in [0.29, 0.717) is 5.92 Å². The number of rotatable bonds is 4. The Balaban J connectivity index is 1.99. The van der Waals surface area contributed by atoms with E-state index >= 15 is 0 Å². The van der Waals surface area contributed by atoms with Gasteiger partial charge in [0.15, 0.2) is 0 Å². The number of hydrogen-bond acceptors (Lipinski definition) is 4. The summed E-state index contributed by atoms with van der Waals surface area (Å²) in [4.78, 5) is 6.80. The first-order valence-corrected chi connectivity index (χ1v) is 6.16. The topological polar surface area (TPSA) is 51.4 Å². The average molecular weight is 235 g/mol. The van der Waals surface area contributed by atoms with Crippen LogP contribution in [0.15, 0.2) is 18.3 Å². The van der Waals surface area contributed by atoms with Crippen molar-refractivity contribution in [1.82, 2.24) is 4.98 Å². The zero-order chi connectivity index (χ0) is 12.3. The molecule has 1 fully saturated rings. The van der Waals surface area contributed by atoms with Crippen molar-refractivity contribution in [1.29, 1.82) is 0 Å². The van der Waals surface area contributed by atoms with Crippen molar-refractivity contribution >= 4 is 5.82 Å². The van der Waals surface area contributed by atoms with Gasteiger partial charge < -0.3 is 15.4 Å². The van der Waals surface area contributed by atoms with E-state index in [2.05, 4.69) is 22.0 Å². The zero-order valence-electron chi connectivity index (χ0n) is 10.6. The van der Waals surface area contributed by atoms with Crippen molar-refractivity contribution in [2.45, 2.75) is 19.4 Å². The fraction of sp³-hybridized carbons (Fsp3) is 0.615. The molecule has 2 atom stereocenters. The molecule has 2 rings (SSSR count). The summed E-state index contributed by atoms with van der Waals surface area (Å²) in [6, 6.07) is 4.18. The molecule has 4 nitrogen and oxygen atoms in total. The van der Waals surface area contributed by atoms with Crippen molar-refractivity contribution in [3.63, 3.8) is 0 Å². The van der Waals surface area contributed by atoms with Gasteiger partial charge in [-0.15, -0.1) is 0 Å². The van der Waals surface area contributed by atoms with Crippen LogP contribution in [0.5, 0.6) is 0 Å². The number of ether oxygens (including phenoxy) is 1. The molecule has 94 valence electrons. The summed E-state index contributed by atoms with van der Waals surface area (Å²) in [6.45, 7) is 4.92. The number of nitrogens with two attached hydrogens (primary N) is 1. The molecule has 0 aliphatic carbocycles. The van der Waals surface area contributed by atoms with Gasteiger partial charge in [0, 0.05) is 38.4 Å². The fourth-order valence-corrected chi connectivity index (χ4v) is 2.27. The highest BCUT2D eigenvalue weighted by Crippen LogP contribution is 2.22. The molecule has 17 heavy (non-hydrogen) atoms. The maximum Gasteiger partial charge on any atom is 0.128 e. The minimum absolute atomic E-state index is 0.0522. The van der Waals surface area contributed by atoms with Gasteiger partial charge in [-0.1, -0.05) is 6.07 Å². The lowest BCUT2D eigenvalue weighted by molar-refractivity contribution is 0.161. The van der Waals surface area contributed by atoms with Gasteiger partial charge in [-0.05, 0) is 25.0 Å². The average Bonchev–Trinajstić information content (AvgIpc) is 2.78. The molecule has 1 unspecified atom stereocenters. The third kappa shape index (κ3) is 2.96. The second-order valence-corrected chi connectivity index (χ2v) is 4.79. The summed E-state index contributed by atoms with van der Waals surface area (Å²) in [5.74, 6) is 1.68. The van der Waals surface area contributed by atoms with E-state index in [0.717, 1.165) is 31.1 Å². The summed E-state index contributed by atoms with van der Waals surface area (Å²) >= 11 is 0. The van der Waals surface area contributed by atoms with E-state index in [1.165, 1.54) is 6.42 Å². The Kier molecular flexibility index (Phi) is 3.97. The molecule has 0 saturated carbocycles. The zero-order valence-corrected chi connectivity index (χ0v) is 10.6. The van der Waals surface area contributed by atoms with Crippen LogP contribution in [0.25, 0.3) is 0 Å². The van der Waals surface area contributed by atoms with Crippen molar-refractivity contribution in [2.24, 2.45) is 11.7 Å². The van der Waals surface area contributed by atoms with Gasteiger partial charge in [-0.25, -0.2) is 4.98 Å². The SMILES string of the molecule is COCC1CCN(c2ccc([C@H](C)N)cn2)C1. The second-order valence-electron chi connectivity index (χ2n) is 4.79. The van der Waals surface area contributed by atoms with E-state index < -0.39 is 0 Å². The molecule has 4 heteroatoms. The lowest BCUT2D eigenvalue weighted by Crippen LogP contribution is -2.22. The van der Waals surface area contributed by atoms with Crippen molar-refractivity contribution < 1.29 is 4.74 Å². The standard InChI is InChI=1S/C13H21N3O/c1-10(14)12-3-4-13(15-7-12)16-6-5-11(8-16)9-17-2/h3-4,7,10-11H,5-6,8-9,14H2,1-2H3/t10-,11?/m0/s1. The van der Waals surface area contributed by atoms with Crippen LogP contribution >= 0.6 is 0 Å². The van der Waals surface area contributed by atoms with E-state index in [1.54, 1.807) is 7.11 Å². The van der Waals surface area contributed by atoms with Gasteiger partial charge in [0.05, 0.1) is 6.61 Å². The lowest BCUT2D eigenvalue weighted by Gasteiger charge is -2.18. The molecule has 1 aromatic heterocycles. The van der Waals surface area contributed by atoms with Crippen LogP contribution in [0.3, 0.4) is 0 Å². The van der Waals surface area contributed by atoms with Gasteiger partial charge in [-0.2, -0.15) is 0 Å². The van der Waals surface area contributed by atoms with Crippen LogP contribution < -0.4 is 10.6 Å². The number of hydrogen-bond donors (Lipinski definition) is 1. The monoisotopic (exact) mass is 235 g/mol. The molecule has 0 radical (unpaired) electrons. The van der Waals surface area contributed by atoms with E-state index in [-0.39, 0.29) is 6.04 Å². The van der Waals surface area contributed by atoms with Crippen molar-refractivity contribution in [2.75, 3.05) is 31.7 Å². The minimum atomic E-state index is 0.0522. The summed E-state index contributed by atoms with van der Waals surface area (Å²) in [7, 11) is 1.76. The molecular weight excluding hydrogens is 214 g/mol. The first-order valence-electron chi connectivity index (χ1n) is 6.16. The highest BCUT2D eigenvalue weighted by atomic mass is 16.5. The molecule has 1 saturated heterocycles. The Morgan fingerprint density at radius 3 is 3.00 bits per heavy atom. The molecule has 1 aromatic rings. The summed E-state index contributed by atoms with van der Waals surface area (Å²) < 4.78 is 5.20. The number of pyridine rings is 1. The Morgan fingerprint density at radius 1 is 1.59 bits per heavy atom. The predicted octanol–water partition coefficient (Wildman–Crippen LogP) is 1.57. The van der Waals surface area contributed by atoms with Gasteiger partial charge >= 0.3 is 0 Å². The lowest BCUT2D eigenvalue weighted by atomic mass is 10.1. The predicted molar refractivity (Wildman–Crippen MR) is 69.0 cm³/mol. The third-order valence-electron chi connectivity index (χ3n) is 3.31. The van der Waals surface area contributed by atoms with Gasteiger partial charge in [-0.3, -0.25) is 0 Å². The molecule has 1 aliphatic heterocycles. The third-order valence-corrected chi connectivity index (χ3v) is 3.31. The molecular formula is C13H21N3O. The van der Waals surface area contributed by atoms with Crippen molar-refractivity contribution in [3.8, 4) is 0 Å². The summed E-state index contributed by atoms with van der Waals surface area (Å²) in [5.41, 5.74) is 6.89. The van der Waals surface area contributed by atoms with E-state index in [9.17, 15) is 0 Å². The van der Waals surface area contributed by atoms with Crippen LogP contribution in [-0.2, 0) is 4.74 Å². The summed E-state index contributed by atoms with van der Waals surface area (Å²) in [6.07, 6.45) is 3.06. The van der Waals surface area contributed by atoms with Gasteiger partial charge in [0.1, 0.15) is 5.82 Å². The Morgan fingerprint density at radius 2 is 2.41 bits per heavy atom. The molecule has 0 bridgehead atoms. The quantitative estimate of drug-likeness (QED) is 0.860. The van der Waals surface area contributed by atoms with E-state index in [1.807, 2.05) is 13.1 Å². The van der Waals surface area contributed by atoms with Crippen LogP contribution in [0.2, 0.25) is 0 Å². The fourth-order valence-electron chi connectivity index (χ4n) is 2.27. The van der Waals surface area contributed by atoms with Gasteiger partial charge in [0.25, 0.3) is 0 Å². The molecule has 1 aliphatic rings. The minimum Gasteiger partial charge on any atom is -0.384 e. The number of aromatic nitrogens is 1. The highest BCUT2D eigenvalue weighted by molar-refractivity contribution is 5.40. The van der Waals surface area contributed by atoms with Crippen LogP contribution in [0, 0.1) is 5.92 Å². The largest absolute Gasteiger partial charge is 0.384 e. The first kappa shape index (κ1) is 12.3. The maximum atomic E-state index is 5.81. The normalized spacial score (nSPS) is 21.8. The smallest absolute Gasteiger partial charge is 0.128 e. The maximum absolute atomic E-state index is 5.81. The Labute approximate surface area is 103 Å². The molecule has 2 heterocycles. The highest BCUT2D eigenvalue weighted by Gasteiger charge is 2.23. The van der Waals surface area contributed by atoms with Crippen molar-refractivity contribution in [3.05, 3.63) is 23.9 Å². The summed E-state index contributed by atoms with van der Waals surface area (Å²) in [5, 5.41) is 0. The van der Waals surface area contributed by atoms with Crippen LogP contribution in [-0.4, -0.2) is 31.8 Å². The Hall–Kier alpha value is -1.13. The van der Waals surface area contributed by atoms with E-state index in [4.69, 9.17) is 10.5 Å². The molecule has 0 aromatic carbocycles. The van der Waals surface area contributed by atoms with Crippen LogP contribution in [0.1, 0.15) is 24.9 Å². The number of methoxy groups -OCH3 is 1. The molecule has 0 spiro atoms. The first-order chi connectivity index (χ1) is 8.20. The second kappa shape index (κ2) is 5.47.